The van der Waals surface area contributed by atoms with Crippen LogP contribution in [0.3, 0.4) is 0 Å². The molecule has 0 spiro atoms. The van der Waals surface area contributed by atoms with Crippen LogP contribution in [-0.2, 0) is 6.42 Å². The second-order valence-corrected chi connectivity index (χ2v) is 5.59. The number of pyridine rings is 1. The number of benzene rings is 1. The molecule has 0 saturated carbocycles. The summed E-state index contributed by atoms with van der Waals surface area (Å²) in [6.07, 6.45) is 4.16. The van der Waals surface area contributed by atoms with Crippen LogP contribution in [0.25, 0.3) is 0 Å². The smallest absolute Gasteiger partial charge is 0.137 e. The Balaban J connectivity index is 2.09. The van der Waals surface area contributed by atoms with Crippen molar-refractivity contribution in [2.24, 2.45) is 5.73 Å². The van der Waals surface area contributed by atoms with E-state index in [1.165, 1.54) is 16.8 Å². The third kappa shape index (κ3) is 2.29. The number of hydrogen-bond donors (Lipinski definition) is 1. The monoisotopic (exact) mass is 267 g/mol. The van der Waals surface area contributed by atoms with Crippen molar-refractivity contribution in [1.82, 2.24) is 4.98 Å². The van der Waals surface area contributed by atoms with Crippen LogP contribution in [0.15, 0.2) is 36.5 Å². The van der Waals surface area contributed by atoms with Gasteiger partial charge in [-0.25, -0.2) is 4.98 Å². The Bertz CT molecular complexity index is 619. The van der Waals surface area contributed by atoms with Gasteiger partial charge in [-0.2, -0.15) is 0 Å². The molecule has 3 heteroatoms. The van der Waals surface area contributed by atoms with Crippen LogP contribution in [0.5, 0.6) is 0 Å². The molecule has 3 rings (SSSR count). The molecule has 0 amide bonds. The first-order valence-corrected chi connectivity index (χ1v) is 7.24. The molecule has 1 aliphatic rings. The third-order valence-corrected chi connectivity index (χ3v) is 3.92. The van der Waals surface area contributed by atoms with Crippen LogP contribution in [0.4, 0.5) is 11.5 Å². The minimum absolute atomic E-state index is 0.00507. The Morgan fingerprint density at radius 1 is 1.30 bits per heavy atom. The fourth-order valence-electron chi connectivity index (χ4n) is 2.94. The van der Waals surface area contributed by atoms with Crippen molar-refractivity contribution in [3.63, 3.8) is 0 Å². The molecule has 1 atom stereocenters. The second-order valence-electron chi connectivity index (χ2n) is 5.59. The van der Waals surface area contributed by atoms with Gasteiger partial charge in [-0.3, -0.25) is 0 Å². The van der Waals surface area contributed by atoms with E-state index < -0.39 is 0 Å². The molecule has 1 aromatic carbocycles. The van der Waals surface area contributed by atoms with Gasteiger partial charge in [0.25, 0.3) is 0 Å². The summed E-state index contributed by atoms with van der Waals surface area (Å²) in [6.45, 7) is 5.17. The summed E-state index contributed by atoms with van der Waals surface area (Å²) in [6, 6.07) is 10.7. The van der Waals surface area contributed by atoms with E-state index in [0.717, 1.165) is 30.8 Å². The molecule has 0 bridgehead atoms. The van der Waals surface area contributed by atoms with E-state index in [-0.39, 0.29) is 6.04 Å². The van der Waals surface area contributed by atoms with Crippen LogP contribution in [0, 0.1) is 6.92 Å². The highest BCUT2D eigenvalue weighted by molar-refractivity contribution is 5.68. The number of rotatable bonds is 2. The summed E-state index contributed by atoms with van der Waals surface area (Å²) in [5.41, 5.74) is 11.2. The zero-order valence-electron chi connectivity index (χ0n) is 12.1. The van der Waals surface area contributed by atoms with Crippen molar-refractivity contribution in [3.05, 3.63) is 53.2 Å². The number of fused-ring (bicyclic) bond motifs is 1. The third-order valence-electron chi connectivity index (χ3n) is 3.92. The first-order valence-electron chi connectivity index (χ1n) is 7.24. The van der Waals surface area contributed by atoms with Crippen LogP contribution in [0.1, 0.15) is 36.1 Å². The number of aromatic nitrogens is 1. The van der Waals surface area contributed by atoms with Crippen LogP contribution < -0.4 is 10.6 Å². The van der Waals surface area contributed by atoms with Gasteiger partial charge in [0, 0.05) is 30.0 Å². The highest BCUT2D eigenvalue weighted by Crippen LogP contribution is 2.35. The average molecular weight is 267 g/mol. The van der Waals surface area contributed by atoms with E-state index in [4.69, 9.17) is 5.73 Å². The minimum atomic E-state index is -0.00507. The zero-order chi connectivity index (χ0) is 14.1. The summed E-state index contributed by atoms with van der Waals surface area (Å²) in [4.78, 5) is 6.91. The predicted molar refractivity (Wildman–Crippen MR) is 83.3 cm³/mol. The number of hydrogen-bond acceptors (Lipinski definition) is 3. The van der Waals surface area contributed by atoms with E-state index in [1.807, 2.05) is 19.2 Å². The molecule has 0 saturated heterocycles. The molecule has 0 radical (unpaired) electrons. The second kappa shape index (κ2) is 5.25. The lowest BCUT2D eigenvalue weighted by Gasteiger charge is -2.32. The van der Waals surface area contributed by atoms with Gasteiger partial charge in [-0.05, 0) is 44.4 Å². The largest absolute Gasteiger partial charge is 0.326 e. The van der Waals surface area contributed by atoms with Crippen molar-refractivity contribution in [3.8, 4) is 0 Å². The lowest BCUT2D eigenvalue weighted by molar-refractivity contribution is 0.741. The van der Waals surface area contributed by atoms with Crippen LogP contribution in [-0.4, -0.2) is 11.5 Å². The number of nitrogens with zero attached hydrogens (tertiary/aromatic N) is 2. The minimum Gasteiger partial charge on any atom is -0.326 e. The van der Waals surface area contributed by atoms with Crippen LogP contribution in [0.2, 0.25) is 0 Å². The van der Waals surface area contributed by atoms with Crippen LogP contribution >= 0.6 is 0 Å². The lowest BCUT2D eigenvalue weighted by Crippen LogP contribution is -2.27. The number of nitrogens with two attached hydrogens (primary N) is 1. The predicted octanol–water partition coefficient (Wildman–Crippen LogP) is 3.49. The number of anilines is 2. The Kier molecular flexibility index (Phi) is 3.45. The first-order chi connectivity index (χ1) is 9.66. The molecule has 20 heavy (non-hydrogen) atoms. The Morgan fingerprint density at radius 3 is 2.95 bits per heavy atom. The maximum absolute atomic E-state index is 6.10. The molecule has 0 aliphatic carbocycles. The van der Waals surface area contributed by atoms with Gasteiger partial charge in [-0.15, -0.1) is 0 Å². The highest BCUT2D eigenvalue weighted by Gasteiger charge is 2.22. The first kappa shape index (κ1) is 13.1. The molecular formula is C17H21N3. The molecule has 0 unspecified atom stereocenters. The van der Waals surface area contributed by atoms with Crippen molar-refractivity contribution in [1.29, 1.82) is 0 Å². The SMILES string of the molecule is Cc1ccc2c(c1)CCCN2c1ncccc1[C@H](C)N. The summed E-state index contributed by atoms with van der Waals surface area (Å²) in [5.74, 6) is 1.01. The van der Waals surface area contributed by atoms with E-state index in [9.17, 15) is 0 Å². The fourth-order valence-corrected chi connectivity index (χ4v) is 2.94. The maximum Gasteiger partial charge on any atom is 0.137 e. The van der Waals surface area contributed by atoms with Crippen molar-refractivity contribution >= 4 is 11.5 Å². The van der Waals surface area contributed by atoms with Gasteiger partial charge in [0.05, 0.1) is 0 Å². The molecule has 3 nitrogen and oxygen atoms in total. The van der Waals surface area contributed by atoms with Gasteiger partial charge in [-0.1, -0.05) is 23.8 Å². The van der Waals surface area contributed by atoms with E-state index in [1.54, 1.807) is 0 Å². The highest BCUT2D eigenvalue weighted by atomic mass is 15.2. The van der Waals surface area contributed by atoms with E-state index >= 15 is 0 Å². The molecular weight excluding hydrogens is 246 g/mol. The lowest BCUT2D eigenvalue weighted by atomic mass is 9.98. The standard InChI is InChI=1S/C17H21N3/c1-12-7-8-16-14(11-12)5-4-10-20(16)17-15(13(2)18)6-3-9-19-17/h3,6-9,11,13H,4-5,10,18H2,1-2H3/t13-/m0/s1. The molecule has 104 valence electrons. The topological polar surface area (TPSA) is 42.2 Å². The summed E-state index contributed by atoms with van der Waals surface area (Å²) in [7, 11) is 0. The quantitative estimate of drug-likeness (QED) is 0.905. The Morgan fingerprint density at radius 2 is 2.15 bits per heavy atom. The molecule has 1 aromatic heterocycles. The van der Waals surface area contributed by atoms with Crippen molar-refractivity contribution in [2.45, 2.75) is 32.7 Å². The fraction of sp³-hybridized carbons (Fsp3) is 0.353. The molecule has 2 aromatic rings. The summed E-state index contributed by atoms with van der Waals surface area (Å²) < 4.78 is 0. The molecule has 2 N–H and O–H groups in total. The van der Waals surface area contributed by atoms with Crippen molar-refractivity contribution in [2.75, 3.05) is 11.4 Å². The van der Waals surface area contributed by atoms with Gasteiger partial charge >= 0.3 is 0 Å². The molecule has 1 aliphatic heterocycles. The van der Waals surface area contributed by atoms with Crippen molar-refractivity contribution < 1.29 is 0 Å². The molecule has 2 heterocycles. The number of aryl methyl sites for hydroxylation is 2. The van der Waals surface area contributed by atoms with Gasteiger partial charge in [0.1, 0.15) is 5.82 Å². The summed E-state index contributed by atoms with van der Waals surface area (Å²) in [5, 5.41) is 0. The normalized spacial score (nSPS) is 15.8. The Hall–Kier alpha value is -1.87. The average Bonchev–Trinajstić information content (AvgIpc) is 2.46. The summed E-state index contributed by atoms with van der Waals surface area (Å²) >= 11 is 0. The maximum atomic E-state index is 6.10. The van der Waals surface area contributed by atoms with Gasteiger partial charge in [0.15, 0.2) is 0 Å². The van der Waals surface area contributed by atoms with Gasteiger partial charge in [0.2, 0.25) is 0 Å². The van der Waals surface area contributed by atoms with E-state index in [0.29, 0.717) is 0 Å². The Labute approximate surface area is 120 Å². The zero-order valence-corrected chi connectivity index (χ0v) is 12.1. The van der Waals surface area contributed by atoms with E-state index in [2.05, 4.69) is 41.1 Å². The molecule has 0 fully saturated rings. The van der Waals surface area contributed by atoms with Gasteiger partial charge < -0.3 is 10.6 Å².